The Morgan fingerprint density at radius 1 is 1.36 bits per heavy atom. The molecule has 0 saturated carbocycles. The van der Waals surface area contributed by atoms with Crippen LogP contribution in [0.15, 0.2) is 23.2 Å². The number of methoxy groups -OCH3 is 1. The molecule has 1 aromatic carbocycles. The summed E-state index contributed by atoms with van der Waals surface area (Å²) in [6, 6.07) is 4.91. The molecule has 0 bridgehead atoms. The summed E-state index contributed by atoms with van der Waals surface area (Å²) in [7, 11) is 3.21. The maximum absolute atomic E-state index is 12.6. The fourth-order valence-corrected chi connectivity index (χ4v) is 2.74. The number of alkyl halides is 2. The maximum Gasteiger partial charge on any atom is 0.387 e. The van der Waals surface area contributed by atoms with Crippen LogP contribution in [-0.4, -0.2) is 44.7 Å². The van der Waals surface area contributed by atoms with E-state index in [9.17, 15) is 8.78 Å². The standard InChI is InChI=1S/C17H25F2N3O2.HI/c1-12-6-8-22(9-7-12)17(20-2)21-11-13-4-5-14(23-3)10-15(13)24-16(18)19;/h4-5,10,12,16H,6-9,11H2,1-3H3,(H,20,21);1H. The third-order valence-electron chi connectivity index (χ3n) is 4.22. The highest BCUT2D eigenvalue weighted by molar-refractivity contribution is 14.0. The molecule has 2 rings (SSSR count). The molecular formula is C17H26F2IN3O2. The number of rotatable bonds is 5. The lowest BCUT2D eigenvalue weighted by molar-refractivity contribution is -0.0505. The lowest BCUT2D eigenvalue weighted by Crippen LogP contribution is -2.45. The molecule has 0 atom stereocenters. The summed E-state index contributed by atoms with van der Waals surface area (Å²) in [5.74, 6) is 2.09. The molecule has 1 aromatic rings. The van der Waals surface area contributed by atoms with Gasteiger partial charge in [-0.05, 0) is 30.9 Å². The average Bonchev–Trinajstić information content (AvgIpc) is 2.57. The first-order valence-electron chi connectivity index (χ1n) is 8.10. The molecule has 8 heteroatoms. The molecule has 0 aliphatic carbocycles. The molecule has 1 heterocycles. The SMILES string of the molecule is CN=C(NCc1ccc(OC)cc1OC(F)F)N1CCC(C)CC1.I. The largest absolute Gasteiger partial charge is 0.497 e. The van der Waals surface area contributed by atoms with E-state index in [1.54, 1.807) is 19.2 Å². The van der Waals surface area contributed by atoms with Gasteiger partial charge in [0.1, 0.15) is 11.5 Å². The zero-order chi connectivity index (χ0) is 17.5. The van der Waals surface area contributed by atoms with Crippen LogP contribution in [0.4, 0.5) is 8.78 Å². The van der Waals surface area contributed by atoms with Gasteiger partial charge in [0.2, 0.25) is 0 Å². The van der Waals surface area contributed by atoms with Gasteiger partial charge < -0.3 is 19.7 Å². The van der Waals surface area contributed by atoms with Crippen LogP contribution < -0.4 is 14.8 Å². The maximum atomic E-state index is 12.6. The number of hydrogen-bond donors (Lipinski definition) is 1. The minimum atomic E-state index is -2.88. The van der Waals surface area contributed by atoms with E-state index in [4.69, 9.17) is 4.74 Å². The molecular weight excluding hydrogens is 443 g/mol. The highest BCUT2D eigenvalue weighted by Gasteiger charge is 2.19. The monoisotopic (exact) mass is 469 g/mol. The summed E-state index contributed by atoms with van der Waals surface area (Å²) in [5, 5.41) is 3.23. The number of guanidine groups is 1. The first-order valence-corrected chi connectivity index (χ1v) is 8.10. The van der Waals surface area contributed by atoms with Gasteiger partial charge in [0.05, 0.1) is 7.11 Å². The number of aliphatic imine (C=N–C) groups is 1. The minimum absolute atomic E-state index is 0. The van der Waals surface area contributed by atoms with Crippen molar-refractivity contribution in [2.24, 2.45) is 10.9 Å². The van der Waals surface area contributed by atoms with Crippen molar-refractivity contribution in [3.8, 4) is 11.5 Å². The van der Waals surface area contributed by atoms with E-state index in [2.05, 4.69) is 26.9 Å². The van der Waals surface area contributed by atoms with Crippen molar-refractivity contribution in [1.29, 1.82) is 0 Å². The Hall–Kier alpha value is -1.32. The number of halogens is 3. The molecule has 0 unspecified atom stereocenters. The molecule has 0 amide bonds. The highest BCUT2D eigenvalue weighted by atomic mass is 127. The van der Waals surface area contributed by atoms with Gasteiger partial charge in [0, 0.05) is 38.3 Å². The van der Waals surface area contributed by atoms with Crippen molar-refractivity contribution < 1.29 is 18.3 Å². The first kappa shape index (κ1) is 21.7. The van der Waals surface area contributed by atoms with Crippen molar-refractivity contribution in [3.63, 3.8) is 0 Å². The van der Waals surface area contributed by atoms with Gasteiger partial charge in [-0.2, -0.15) is 8.78 Å². The van der Waals surface area contributed by atoms with Crippen LogP contribution in [-0.2, 0) is 6.54 Å². The molecule has 5 nitrogen and oxygen atoms in total. The minimum Gasteiger partial charge on any atom is -0.497 e. The van der Waals surface area contributed by atoms with E-state index in [0.29, 0.717) is 17.9 Å². The highest BCUT2D eigenvalue weighted by Crippen LogP contribution is 2.26. The van der Waals surface area contributed by atoms with Crippen molar-refractivity contribution in [3.05, 3.63) is 23.8 Å². The molecule has 0 aromatic heterocycles. The zero-order valence-corrected chi connectivity index (χ0v) is 17.1. The molecule has 0 spiro atoms. The fraction of sp³-hybridized carbons (Fsp3) is 0.588. The van der Waals surface area contributed by atoms with Gasteiger partial charge in [0.25, 0.3) is 0 Å². The van der Waals surface area contributed by atoms with Crippen LogP contribution >= 0.6 is 24.0 Å². The second-order valence-corrected chi connectivity index (χ2v) is 5.92. The van der Waals surface area contributed by atoms with Gasteiger partial charge >= 0.3 is 6.61 Å². The summed E-state index contributed by atoms with van der Waals surface area (Å²) in [6.07, 6.45) is 2.26. The Labute approximate surface area is 164 Å². The van der Waals surface area contributed by atoms with E-state index < -0.39 is 6.61 Å². The summed E-state index contributed by atoms with van der Waals surface area (Å²) in [4.78, 5) is 6.49. The third kappa shape index (κ3) is 6.48. The van der Waals surface area contributed by atoms with Crippen LogP contribution in [0.2, 0.25) is 0 Å². The van der Waals surface area contributed by atoms with Gasteiger partial charge in [-0.15, -0.1) is 24.0 Å². The van der Waals surface area contributed by atoms with Gasteiger partial charge in [-0.25, -0.2) is 0 Å². The molecule has 142 valence electrons. The molecule has 1 N–H and O–H groups in total. The van der Waals surface area contributed by atoms with Crippen LogP contribution in [0.25, 0.3) is 0 Å². The second-order valence-electron chi connectivity index (χ2n) is 5.92. The zero-order valence-electron chi connectivity index (χ0n) is 14.8. The Morgan fingerprint density at radius 2 is 2.04 bits per heavy atom. The predicted molar refractivity (Wildman–Crippen MR) is 105 cm³/mol. The summed E-state index contributed by atoms with van der Waals surface area (Å²) in [6.45, 7) is 1.62. The van der Waals surface area contributed by atoms with Crippen LogP contribution in [0.3, 0.4) is 0 Å². The van der Waals surface area contributed by atoms with Crippen LogP contribution in [0, 0.1) is 5.92 Å². The number of ether oxygens (including phenoxy) is 2. The lowest BCUT2D eigenvalue weighted by Gasteiger charge is -2.33. The number of nitrogens with zero attached hydrogens (tertiary/aromatic N) is 2. The second kappa shape index (κ2) is 10.6. The predicted octanol–water partition coefficient (Wildman–Crippen LogP) is 3.72. The normalized spacial score (nSPS) is 15.8. The first-order chi connectivity index (χ1) is 11.5. The Balaban J connectivity index is 0.00000312. The molecule has 25 heavy (non-hydrogen) atoms. The van der Waals surface area contributed by atoms with Crippen molar-refractivity contribution >= 4 is 29.9 Å². The number of hydrogen-bond acceptors (Lipinski definition) is 3. The summed E-state index contributed by atoms with van der Waals surface area (Å²) >= 11 is 0. The van der Waals surface area contributed by atoms with E-state index in [1.165, 1.54) is 13.2 Å². The van der Waals surface area contributed by atoms with Gasteiger partial charge in [-0.1, -0.05) is 6.92 Å². The van der Waals surface area contributed by atoms with Crippen molar-refractivity contribution in [2.75, 3.05) is 27.2 Å². The Morgan fingerprint density at radius 3 is 2.60 bits per heavy atom. The topological polar surface area (TPSA) is 46.1 Å². The Bertz CT molecular complexity index is 565. The van der Waals surface area contributed by atoms with E-state index in [-0.39, 0.29) is 29.7 Å². The van der Waals surface area contributed by atoms with E-state index >= 15 is 0 Å². The number of piperidine rings is 1. The third-order valence-corrected chi connectivity index (χ3v) is 4.22. The molecule has 1 aliphatic rings. The summed E-state index contributed by atoms with van der Waals surface area (Å²) < 4.78 is 34.9. The molecule has 1 fully saturated rings. The molecule has 0 radical (unpaired) electrons. The van der Waals surface area contributed by atoms with Gasteiger partial charge in [-0.3, -0.25) is 4.99 Å². The van der Waals surface area contributed by atoms with E-state index in [1.807, 2.05) is 0 Å². The smallest absolute Gasteiger partial charge is 0.387 e. The Kier molecular flexibility index (Phi) is 9.23. The van der Waals surface area contributed by atoms with Crippen LogP contribution in [0.1, 0.15) is 25.3 Å². The van der Waals surface area contributed by atoms with Gasteiger partial charge in [0.15, 0.2) is 5.96 Å². The number of nitrogens with one attached hydrogen (secondary N) is 1. The number of benzene rings is 1. The quantitative estimate of drug-likeness (QED) is 0.406. The molecule has 1 saturated heterocycles. The molecule has 1 aliphatic heterocycles. The number of likely N-dealkylation sites (tertiary alicyclic amines) is 1. The van der Waals surface area contributed by atoms with Crippen LogP contribution in [0.5, 0.6) is 11.5 Å². The van der Waals surface area contributed by atoms with Crippen molar-refractivity contribution in [1.82, 2.24) is 10.2 Å². The lowest BCUT2D eigenvalue weighted by atomic mass is 9.99. The van der Waals surface area contributed by atoms with Crippen molar-refractivity contribution in [2.45, 2.75) is 32.9 Å². The van der Waals surface area contributed by atoms with E-state index in [0.717, 1.165) is 37.8 Å². The fourth-order valence-electron chi connectivity index (χ4n) is 2.74. The average molecular weight is 469 g/mol. The summed E-state index contributed by atoms with van der Waals surface area (Å²) in [5.41, 5.74) is 0.627.